The third kappa shape index (κ3) is 2.71. The molecule has 0 saturated carbocycles. The van der Waals surface area contributed by atoms with E-state index in [1.807, 2.05) is 0 Å². The third-order valence-electron chi connectivity index (χ3n) is 3.06. The average molecular weight is 240 g/mol. The fourth-order valence-electron chi connectivity index (χ4n) is 2.18. The SMILES string of the molecule is CCCc1nsc(N2CCC(CCN)C2)n1. The van der Waals surface area contributed by atoms with Crippen LogP contribution >= 0.6 is 11.5 Å². The standard InChI is InChI=1S/C11H20N4S/c1-2-3-10-13-11(16-14-10)15-7-5-9(8-15)4-6-12/h9H,2-8,12H2,1H3. The van der Waals surface area contributed by atoms with Gasteiger partial charge < -0.3 is 10.6 Å². The van der Waals surface area contributed by atoms with Gasteiger partial charge in [-0.25, -0.2) is 4.98 Å². The van der Waals surface area contributed by atoms with Crippen molar-refractivity contribution in [1.82, 2.24) is 9.36 Å². The summed E-state index contributed by atoms with van der Waals surface area (Å²) in [6.45, 7) is 5.19. The highest BCUT2D eigenvalue weighted by molar-refractivity contribution is 7.09. The second kappa shape index (κ2) is 5.59. The molecule has 90 valence electrons. The van der Waals surface area contributed by atoms with E-state index in [9.17, 15) is 0 Å². The Morgan fingerprint density at radius 1 is 1.56 bits per heavy atom. The van der Waals surface area contributed by atoms with Gasteiger partial charge >= 0.3 is 0 Å². The topological polar surface area (TPSA) is 55.0 Å². The summed E-state index contributed by atoms with van der Waals surface area (Å²) in [5, 5.41) is 1.10. The van der Waals surface area contributed by atoms with E-state index in [-0.39, 0.29) is 0 Å². The number of hydrogen-bond acceptors (Lipinski definition) is 5. The highest BCUT2D eigenvalue weighted by Gasteiger charge is 2.24. The van der Waals surface area contributed by atoms with Gasteiger partial charge in [-0.05, 0) is 31.7 Å². The van der Waals surface area contributed by atoms with Crippen molar-refractivity contribution < 1.29 is 0 Å². The predicted octanol–water partition coefficient (Wildman–Crippen LogP) is 1.67. The molecule has 2 N–H and O–H groups in total. The largest absolute Gasteiger partial charge is 0.347 e. The van der Waals surface area contributed by atoms with E-state index in [4.69, 9.17) is 5.73 Å². The van der Waals surface area contributed by atoms with Gasteiger partial charge in [-0.15, -0.1) is 0 Å². The lowest BCUT2D eigenvalue weighted by molar-refractivity contribution is 0.546. The van der Waals surface area contributed by atoms with Crippen molar-refractivity contribution in [2.45, 2.75) is 32.6 Å². The Balaban J connectivity index is 1.92. The minimum absolute atomic E-state index is 0.753. The van der Waals surface area contributed by atoms with Crippen molar-refractivity contribution in [2.75, 3.05) is 24.5 Å². The van der Waals surface area contributed by atoms with Gasteiger partial charge in [0, 0.05) is 31.0 Å². The molecule has 0 bridgehead atoms. The summed E-state index contributed by atoms with van der Waals surface area (Å²) in [5.41, 5.74) is 5.59. The van der Waals surface area contributed by atoms with Crippen LogP contribution in [0.15, 0.2) is 0 Å². The fraction of sp³-hybridized carbons (Fsp3) is 0.818. The molecule has 1 unspecified atom stereocenters. The van der Waals surface area contributed by atoms with Crippen LogP contribution in [0, 0.1) is 5.92 Å². The van der Waals surface area contributed by atoms with Crippen LogP contribution in [0.3, 0.4) is 0 Å². The zero-order chi connectivity index (χ0) is 11.4. The Bertz CT molecular complexity index is 326. The lowest BCUT2D eigenvalue weighted by Gasteiger charge is -2.13. The van der Waals surface area contributed by atoms with Gasteiger partial charge in [0.2, 0.25) is 5.13 Å². The summed E-state index contributed by atoms with van der Waals surface area (Å²) in [6, 6.07) is 0. The molecule has 1 aromatic heterocycles. The van der Waals surface area contributed by atoms with Crippen LogP contribution in [0.25, 0.3) is 0 Å². The van der Waals surface area contributed by atoms with Crippen LogP contribution in [0.1, 0.15) is 32.0 Å². The van der Waals surface area contributed by atoms with Gasteiger partial charge in [0.25, 0.3) is 0 Å². The molecule has 1 atom stereocenters. The maximum atomic E-state index is 5.59. The number of aromatic nitrogens is 2. The molecule has 2 rings (SSSR count). The molecule has 4 nitrogen and oxygen atoms in total. The number of nitrogens with two attached hydrogens (primary N) is 1. The second-order valence-corrected chi connectivity index (χ2v) is 5.15. The Labute approximate surface area is 101 Å². The maximum absolute atomic E-state index is 5.59. The van der Waals surface area contributed by atoms with E-state index >= 15 is 0 Å². The molecule has 2 heterocycles. The first-order valence-corrected chi connectivity index (χ1v) is 6.88. The van der Waals surface area contributed by atoms with E-state index in [0.29, 0.717) is 0 Å². The Kier molecular flexibility index (Phi) is 4.12. The van der Waals surface area contributed by atoms with E-state index < -0.39 is 0 Å². The highest BCUT2D eigenvalue weighted by atomic mass is 32.1. The zero-order valence-electron chi connectivity index (χ0n) is 9.85. The van der Waals surface area contributed by atoms with E-state index in [2.05, 4.69) is 21.2 Å². The Morgan fingerprint density at radius 2 is 2.44 bits per heavy atom. The molecule has 1 aliphatic rings. The van der Waals surface area contributed by atoms with E-state index in [0.717, 1.165) is 55.8 Å². The molecule has 1 aliphatic heterocycles. The third-order valence-corrected chi connectivity index (χ3v) is 3.88. The van der Waals surface area contributed by atoms with Crippen LogP contribution < -0.4 is 10.6 Å². The first-order chi connectivity index (χ1) is 7.83. The Morgan fingerprint density at radius 3 is 3.19 bits per heavy atom. The quantitative estimate of drug-likeness (QED) is 0.850. The predicted molar refractivity (Wildman–Crippen MR) is 67.9 cm³/mol. The summed E-state index contributed by atoms with van der Waals surface area (Å²) in [6.07, 6.45) is 4.50. The monoisotopic (exact) mass is 240 g/mol. The van der Waals surface area contributed by atoms with Gasteiger partial charge in [-0.3, -0.25) is 0 Å². The van der Waals surface area contributed by atoms with Gasteiger partial charge in [-0.1, -0.05) is 6.92 Å². The van der Waals surface area contributed by atoms with Crippen molar-refractivity contribution in [1.29, 1.82) is 0 Å². The molecule has 1 fully saturated rings. The fourth-order valence-corrected chi connectivity index (χ4v) is 2.92. The molecule has 0 aromatic carbocycles. The number of hydrogen-bond donors (Lipinski definition) is 1. The van der Waals surface area contributed by atoms with Gasteiger partial charge in [0.15, 0.2) is 0 Å². The summed E-state index contributed by atoms with van der Waals surface area (Å²) in [4.78, 5) is 6.94. The molecule has 0 aliphatic carbocycles. The van der Waals surface area contributed by atoms with Crippen molar-refractivity contribution in [3.63, 3.8) is 0 Å². The van der Waals surface area contributed by atoms with Crippen LogP contribution in [-0.4, -0.2) is 29.0 Å². The normalized spacial score (nSPS) is 20.6. The van der Waals surface area contributed by atoms with E-state index in [1.165, 1.54) is 6.42 Å². The molecule has 0 spiro atoms. The second-order valence-electron chi connectivity index (χ2n) is 4.42. The van der Waals surface area contributed by atoms with Crippen molar-refractivity contribution in [2.24, 2.45) is 11.7 Å². The number of aryl methyl sites for hydroxylation is 1. The summed E-state index contributed by atoms with van der Waals surface area (Å²) in [5.74, 6) is 1.76. The minimum atomic E-state index is 0.753. The Hall–Kier alpha value is -0.680. The summed E-state index contributed by atoms with van der Waals surface area (Å²) >= 11 is 1.54. The van der Waals surface area contributed by atoms with Gasteiger partial charge in [-0.2, -0.15) is 4.37 Å². The summed E-state index contributed by atoms with van der Waals surface area (Å²) < 4.78 is 4.39. The van der Waals surface area contributed by atoms with Crippen molar-refractivity contribution in [3.05, 3.63) is 5.82 Å². The first-order valence-electron chi connectivity index (χ1n) is 6.11. The molecule has 1 saturated heterocycles. The summed E-state index contributed by atoms with van der Waals surface area (Å²) in [7, 11) is 0. The maximum Gasteiger partial charge on any atom is 0.205 e. The van der Waals surface area contributed by atoms with Crippen molar-refractivity contribution in [3.8, 4) is 0 Å². The molecule has 5 heteroatoms. The highest BCUT2D eigenvalue weighted by Crippen LogP contribution is 2.26. The molecule has 16 heavy (non-hydrogen) atoms. The lowest BCUT2D eigenvalue weighted by atomic mass is 10.1. The van der Waals surface area contributed by atoms with Crippen LogP contribution in [0.2, 0.25) is 0 Å². The van der Waals surface area contributed by atoms with Gasteiger partial charge in [0.05, 0.1) is 0 Å². The van der Waals surface area contributed by atoms with Crippen LogP contribution in [0.5, 0.6) is 0 Å². The zero-order valence-corrected chi connectivity index (χ0v) is 10.7. The number of anilines is 1. The first kappa shape index (κ1) is 11.8. The number of nitrogens with zero attached hydrogens (tertiary/aromatic N) is 3. The molecule has 0 amide bonds. The smallest absolute Gasteiger partial charge is 0.205 e. The minimum Gasteiger partial charge on any atom is -0.347 e. The van der Waals surface area contributed by atoms with Crippen molar-refractivity contribution >= 4 is 16.7 Å². The number of rotatable bonds is 5. The van der Waals surface area contributed by atoms with E-state index in [1.54, 1.807) is 11.5 Å². The van der Waals surface area contributed by atoms with Crippen LogP contribution in [-0.2, 0) is 6.42 Å². The van der Waals surface area contributed by atoms with Gasteiger partial charge in [0.1, 0.15) is 5.82 Å². The average Bonchev–Trinajstić information content (AvgIpc) is 2.87. The molecular formula is C11H20N4S. The molecular weight excluding hydrogens is 220 g/mol. The van der Waals surface area contributed by atoms with Crippen LogP contribution in [0.4, 0.5) is 5.13 Å². The lowest BCUT2D eigenvalue weighted by Crippen LogP contribution is -2.20. The molecule has 1 aromatic rings. The molecule has 0 radical (unpaired) electrons.